The first-order valence-electron chi connectivity index (χ1n) is 7.79. The maximum absolute atomic E-state index is 3.80. The van der Waals surface area contributed by atoms with E-state index in [4.69, 9.17) is 0 Å². The Balaban J connectivity index is 2.22. The van der Waals surface area contributed by atoms with Crippen LogP contribution in [0.3, 0.4) is 0 Å². The summed E-state index contributed by atoms with van der Waals surface area (Å²) in [6, 6.07) is 3.27. The second-order valence-electron chi connectivity index (χ2n) is 6.06. The van der Waals surface area contributed by atoms with E-state index in [1.165, 1.54) is 36.4 Å². The highest BCUT2D eigenvalue weighted by molar-refractivity contribution is 7.10. The first-order valence-corrected chi connectivity index (χ1v) is 8.67. The molecule has 0 radical (unpaired) electrons. The second kappa shape index (κ2) is 7.55. The van der Waals surface area contributed by atoms with E-state index >= 15 is 0 Å². The van der Waals surface area contributed by atoms with Crippen LogP contribution in [-0.4, -0.2) is 56.1 Å². The zero-order valence-electron chi connectivity index (χ0n) is 13.4. The van der Waals surface area contributed by atoms with E-state index in [1.54, 1.807) is 0 Å². The van der Waals surface area contributed by atoms with Crippen molar-refractivity contribution in [2.24, 2.45) is 0 Å². The Kier molecular flexibility index (Phi) is 6.02. The van der Waals surface area contributed by atoms with Gasteiger partial charge >= 0.3 is 0 Å². The third-order valence-electron chi connectivity index (χ3n) is 4.30. The molecule has 3 nitrogen and oxygen atoms in total. The molecule has 114 valence electrons. The average molecular weight is 295 g/mol. The first kappa shape index (κ1) is 16.0. The molecule has 0 aliphatic carbocycles. The standard InChI is InChI=1S/C16H29N3S/c1-5-8-17-15(16-13(2)7-11-20-16)14-12-18(3)9-6-10-19(14)4/h7,11,14-15,17H,5-6,8-10,12H2,1-4H3. The van der Waals surface area contributed by atoms with Gasteiger partial charge in [0.25, 0.3) is 0 Å². The van der Waals surface area contributed by atoms with E-state index in [0.717, 1.165) is 13.1 Å². The molecule has 1 N–H and O–H groups in total. The van der Waals surface area contributed by atoms with Gasteiger partial charge in [0.1, 0.15) is 0 Å². The molecule has 20 heavy (non-hydrogen) atoms. The molecule has 1 saturated heterocycles. The van der Waals surface area contributed by atoms with Crippen molar-refractivity contribution in [2.45, 2.75) is 38.8 Å². The van der Waals surface area contributed by atoms with Crippen LogP contribution in [0.5, 0.6) is 0 Å². The molecular formula is C16H29N3S. The molecular weight excluding hydrogens is 266 g/mol. The van der Waals surface area contributed by atoms with E-state index in [2.05, 4.69) is 54.5 Å². The number of thiophene rings is 1. The predicted octanol–water partition coefficient (Wildman–Crippen LogP) is 2.73. The molecule has 1 aromatic heterocycles. The van der Waals surface area contributed by atoms with Crippen LogP contribution in [0, 0.1) is 6.92 Å². The van der Waals surface area contributed by atoms with Crippen LogP contribution in [-0.2, 0) is 0 Å². The van der Waals surface area contributed by atoms with E-state index < -0.39 is 0 Å². The number of likely N-dealkylation sites (N-methyl/N-ethyl adjacent to an activating group) is 2. The second-order valence-corrected chi connectivity index (χ2v) is 7.01. The monoisotopic (exact) mass is 295 g/mol. The molecule has 1 aliphatic rings. The van der Waals surface area contributed by atoms with Gasteiger partial charge in [-0.1, -0.05) is 6.92 Å². The summed E-state index contributed by atoms with van der Waals surface area (Å²) in [5.41, 5.74) is 1.43. The van der Waals surface area contributed by atoms with Crippen LogP contribution in [0.4, 0.5) is 0 Å². The lowest BCUT2D eigenvalue weighted by Crippen LogP contribution is -2.47. The summed E-state index contributed by atoms with van der Waals surface area (Å²) in [6.45, 7) is 9.14. The minimum Gasteiger partial charge on any atom is -0.308 e. The zero-order valence-corrected chi connectivity index (χ0v) is 14.2. The average Bonchev–Trinajstić information content (AvgIpc) is 2.76. The minimum absolute atomic E-state index is 0.459. The van der Waals surface area contributed by atoms with Gasteiger partial charge in [-0.2, -0.15) is 0 Å². The lowest BCUT2D eigenvalue weighted by Gasteiger charge is -2.35. The fourth-order valence-corrected chi connectivity index (χ4v) is 4.13. The molecule has 0 bridgehead atoms. The first-order chi connectivity index (χ1) is 9.63. The van der Waals surface area contributed by atoms with E-state index in [0.29, 0.717) is 12.1 Å². The molecule has 0 spiro atoms. The molecule has 2 rings (SSSR count). The van der Waals surface area contributed by atoms with Crippen molar-refractivity contribution < 1.29 is 0 Å². The van der Waals surface area contributed by atoms with Crippen molar-refractivity contribution in [2.75, 3.05) is 40.3 Å². The van der Waals surface area contributed by atoms with E-state index in [1.807, 2.05) is 11.3 Å². The van der Waals surface area contributed by atoms with Crippen LogP contribution in [0.1, 0.15) is 36.2 Å². The SMILES string of the molecule is CCCNC(c1sccc1C)C1CN(C)CCCN1C. The van der Waals surface area contributed by atoms with Crippen molar-refractivity contribution in [1.82, 2.24) is 15.1 Å². The molecule has 2 unspecified atom stereocenters. The largest absolute Gasteiger partial charge is 0.308 e. The van der Waals surface area contributed by atoms with Gasteiger partial charge in [0, 0.05) is 17.5 Å². The lowest BCUT2D eigenvalue weighted by atomic mass is 10.0. The van der Waals surface area contributed by atoms with Gasteiger partial charge in [0.15, 0.2) is 0 Å². The van der Waals surface area contributed by atoms with Crippen LogP contribution in [0.25, 0.3) is 0 Å². The van der Waals surface area contributed by atoms with Gasteiger partial charge in [-0.15, -0.1) is 11.3 Å². The summed E-state index contributed by atoms with van der Waals surface area (Å²) in [5, 5.41) is 6.03. The Hall–Kier alpha value is -0.420. The Morgan fingerprint density at radius 1 is 1.40 bits per heavy atom. The van der Waals surface area contributed by atoms with Gasteiger partial charge in [-0.25, -0.2) is 0 Å². The van der Waals surface area contributed by atoms with Crippen molar-refractivity contribution in [3.8, 4) is 0 Å². The van der Waals surface area contributed by atoms with Gasteiger partial charge in [-0.05, 0) is 70.5 Å². The molecule has 1 fully saturated rings. The predicted molar refractivity (Wildman–Crippen MR) is 88.6 cm³/mol. The highest BCUT2D eigenvalue weighted by Crippen LogP contribution is 2.29. The van der Waals surface area contributed by atoms with Crippen LogP contribution < -0.4 is 5.32 Å². The summed E-state index contributed by atoms with van der Waals surface area (Å²) in [5.74, 6) is 0. The fraction of sp³-hybridized carbons (Fsp3) is 0.750. The summed E-state index contributed by atoms with van der Waals surface area (Å²) in [4.78, 5) is 6.55. The Labute approximate surface area is 128 Å². The Morgan fingerprint density at radius 2 is 2.20 bits per heavy atom. The molecule has 1 aliphatic heterocycles. The van der Waals surface area contributed by atoms with E-state index in [-0.39, 0.29) is 0 Å². The number of nitrogens with zero attached hydrogens (tertiary/aromatic N) is 2. The molecule has 0 saturated carbocycles. The summed E-state index contributed by atoms with van der Waals surface area (Å²) in [6.07, 6.45) is 2.46. The van der Waals surface area contributed by atoms with Crippen LogP contribution in [0.2, 0.25) is 0 Å². The number of hydrogen-bond acceptors (Lipinski definition) is 4. The van der Waals surface area contributed by atoms with Crippen molar-refractivity contribution >= 4 is 11.3 Å². The zero-order chi connectivity index (χ0) is 14.5. The fourth-order valence-electron chi connectivity index (χ4n) is 3.07. The molecule has 0 amide bonds. The smallest absolute Gasteiger partial charge is 0.0587 e. The van der Waals surface area contributed by atoms with E-state index in [9.17, 15) is 0 Å². The third kappa shape index (κ3) is 3.82. The number of rotatable bonds is 5. The molecule has 4 heteroatoms. The number of aryl methyl sites for hydroxylation is 1. The maximum Gasteiger partial charge on any atom is 0.0587 e. The van der Waals surface area contributed by atoms with Crippen molar-refractivity contribution in [1.29, 1.82) is 0 Å². The topological polar surface area (TPSA) is 18.5 Å². The quantitative estimate of drug-likeness (QED) is 0.901. The van der Waals surface area contributed by atoms with Crippen LogP contribution >= 0.6 is 11.3 Å². The number of hydrogen-bond donors (Lipinski definition) is 1. The minimum atomic E-state index is 0.459. The Bertz CT molecular complexity index is 404. The molecule has 2 heterocycles. The molecule has 2 atom stereocenters. The van der Waals surface area contributed by atoms with Gasteiger partial charge in [-0.3, -0.25) is 0 Å². The highest BCUT2D eigenvalue weighted by Gasteiger charge is 2.30. The van der Waals surface area contributed by atoms with Crippen molar-refractivity contribution in [3.63, 3.8) is 0 Å². The normalized spacial score (nSPS) is 23.7. The van der Waals surface area contributed by atoms with Gasteiger partial charge in [0.05, 0.1) is 6.04 Å². The maximum atomic E-state index is 3.80. The summed E-state index contributed by atoms with van der Waals surface area (Å²) >= 11 is 1.90. The van der Waals surface area contributed by atoms with Crippen LogP contribution in [0.15, 0.2) is 11.4 Å². The number of nitrogens with one attached hydrogen (secondary N) is 1. The summed E-state index contributed by atoms with van der Waals surface area (Å²) < 4.78 is 0. The highest BCUT2D eigenvalue weighted by atomic mass is 32.1. The summed E-state index contributed by atoms with van der Waals surface area (Å²) in [7, 11) is 4.54. The third-order valence-corrected chi connectivity index (χ3v) is 5.40. The molecule has 0 aromatic carbocycles. The lowest BCUT2D eigenvalue weighted by molar-refractivity contribution is 0.179. The van der Waals surface area contributed by atoms with Gasteiger partial charge in [0.2, 0.25) is 0 Å². The van der Waals surface area contributed by atoms with Crippen molar-refractivity contribution in [3.05, 3.63) is 21.9 Å². The Morgan fingerprint density at radius 3 is 2.85 bits per heavy atom. The molecule has 1 aromatic rings. The van der Waals surface area contributed by atoms with Gasteiger partial charge < -0.3 is 15.1 Å².